The number of ketones is 2. The summed E-state index contributed by atoms with van der Waals surface area (Å²) in [5.41, 5.74) is 6.78. The van der Waals surface area contributed by atoms with Gasteiger partial charge in [-0.3, -0.25) is 9.59 Å². The highest BCUT2D eigenvalue weighted by Gasteiger charge is 2.29. The highest BCUT2D eigenvalue weighted by atomic mass is 16.1. The Labute approximate surface area is 284 Å². The van der Waals surface area contributed by atoms with Crippen LogP contribution in [0.2, 0.25) is 0 Å². The van der Waals surface area contributed by atoms with Crippen molar-refractivity contribution in [1.82, 2.24) is 0 Å². The van der Waals surface area contributed by atoms with E-state index in [0.29, 0.717) is 34.5 Å². The largest absolute Gasteiger partial charge is 0.294 e. The molecule has 47 heavy (non-hydrogen) atoms. The molecular weight excluding hydrogens is 572 g/mol. The van der Waals surface area contributed by atoms with Crippen LogP contribution in [0.5, 0.6) is 0 Å². The Bertz CT molecular complexity index is 1580. The van der Waals surface area contributed by atoms with Gasteiger partial charge in [-0.2, -0.15) is 0 Å². The highest BCUT2D eigenvalue weighted by molar-refractivity contribution is 6.17. The lowest BCUT2D eigenvalue weighted by molar-refractivity contribution is 0.0849. The molecule has 0 bridgehead atoms. The van der Waals surface area contributed by atoms with E-state index in [0.717, 1.165) is 25.7 Å². The van der Waals surface area contributed by atoms with Gasteiger partial charge in [-0.25, -0.2) is 0 Å². The van der Waals surface area contributed by atoms with E-state index in [1.54, 1.807) is 12.1 Å². The van der Waals surface area contributed by atoms with Gasteiger partial charge < -0.3 is 0 Å². The summed E-state index contributed by atoms with van der Waals surface area (Å²) >= 11 is 0. The first-order valence-corrected chi connectivity index (χ1v) is 17.4. The van der Waals surface area contributed by atoms with E-state index in [-0.39, 0.29) is 17.5 Å². The van der Waals surface area contributed by atoms with Crippen LogP contribution < -0.4 is 0 Å². The number of carbonyl (C=O) groups excluding carboxylic acids is 2. The Morgan fingerprint density at radius 1 is 0.830 bits per heavy atom. The molecule has 0 saturated heterocycles. The van der Waals surface area contributed by atoms with Gasteiger partial charge in [0.05, 0.1) is 0 Å². The second-order valence-corrected chi connectivity index (χ2v) is 12.5. The zero-order valence-corrected chi connectivity index (χ0v) is 29.6. The molecule has 0 aliphatic heterocycles. The van der Waals surface area contributed by atoms with Gasteiger partial charge >= 0.3 is 0 Å². The molecule has 2 nitrogen and oxygen atoms in total. The predicted octanol–water partition coefficient (Wildman–Crippen LogP) is 12.3. The minimum Gasteiger partial charge on any atom is -0.294 e. The summed E-state index contributed by atoms with van der Waals surface area (Å²) in [5, 5.41) is 0. The monoisotopic (exact) mass is 626 g/mol. The van der Waals surface area contributed by atoms with E-state index in [1.165, 1.54) is 22.3 Å². The van der Waals surface area contributed by atoms with Crippen LogP contribution in [-0.4, -0.2) is 11.6 Å². The average Bonchev–Trinajstić information content (AvgIpc) is 3.10. The van der Waals surface area contributed by atoms with E-state index in [4.69, 9.17) is 0 Å². The fourth-order valence-corrected chi connectivity index (χ4v) is 5.92. The molecule has 1 saturated carbocycles. The zero-order valence-electron chi connectivity index (χ0n) is 29.6. The summed E-state index contributed by atoms with van der Waals surface area (Å²) < 4.78 is 0. The minimum atomic E-state index is -0.0979. The molecule has 0 heterocycles. The molecule has 0 radical (unpaired) electrons. The van der Waals surface area contributed by atoms with Crippen LogP contribution >= 0.6 is 0 Å². The number of allylic oxidation sites excluding steroid dienone is 10. The van der Waals surface area contributed by atoms with Crippen LogP contribution in [0.3, 0.4) is 0 Å². The standard InChI is InChI=1S/C36H40O2.C7H8.C2H6/c1-5-28(35(37)33-19-9-10-20-34(33)36(38)32-17-12-18-32)16-11-13-25(2)29-21-23-31(24-22-29)27(4)26(3)30-14-7-6-8-15-30;1-7-5-3-2-4-6-7;1-2/h5-11,13-16,19-23,26-27,31-32H,12,17-18,24H2,1-4H3;2-6H,1H3;1-2H3/b16-11-,25-13+,28-5-;;. The van der Waals surface area contributed by atoms with Crippen molar-refractivity contribution in [3.63, 3.8) is 0 Å². The van der Waals surface area contributed by atoms with Crippen molar-refractivity contribution in [3.8, 4) is 0 Å². The molecule has 3 aromatic carbocycles. The fraction of sp³-hybridized carbons (Fsp3) is 0.333. The molecule has 3 atom stereocenters. The maximum atomic E-state index is 13.3. The highest BCUT2D eigenvalue weighted by Crippen LogP contribution is 2.35. The molecule has 1 fully saturated rings. The third-order valence-corrected chi connectivity index (χ3v) is 9.43. The zero-order chi connectivity index (χ0) is 34.2. The van der Waals surface area contributed by atoms with Crippen molar-refractivity contribution in [2.24, 2.45) is 17.8 Å². The summed E-state index contributed by atoms with van der Waals surface area (Å²) in [6, 6.07) is 28.3. The lowest BCUT2D eigenvalue weighted by Crippen LogP contribution is -2.24. The van der Waals surface area contributed by atoms with Gasteiger partial charge in [0.1, 0.15) is 0 Å². The second-order valence-electron chi connectivity index (χ2n) is 12.5. The summed E-state index contributed by atoms with van der Waals surface area (Å²) in [7, 11) is 0. The molecule has 0 amide bonds. The summed E-state index contributed by atoms with van der Waals surface area (Å²) in [6.45, 7) is 14.7. The molecular formula is C45H54O2. The normalized spacial score (nSPS) is 17.7. The molecule has 5 rings (SSSR count). The molecule has 3 aromatic rings. The van der Waals surface area contributed by atoms with Gasteiger partial charge in [-0.1, -0.05) is 167 Å². The molecule has 0 aromatic heterocycles. The van der Waals surface area contributed by atoms with Crippen LogP contribution in [0, 0.1) is 24.7 Å². The average molecular weight is 627 g/mol. The third-order valence-electron chi connectivity index (χ3n) is 9.43. The first-order chi connectivity index (χ1) is 22.8. The Kier molecular flexibility index (Phi) is 15.3. The number of hydrogen-bond acceptors (Lipinski definition) is 2. The van der Waals surface area contributed by atoms with E-state index in [1.807, 2.05) is 69.3 Å². The molecule has 246 valence electrons. The van der Waals surface area contributed by atoms with Crippen molar-refractivity contribution < 1.29 is 9.59 Å². The van der Waals surface area contributed by atoms with E-state index in [2.05, 4.69) is 94.5 Å². The van der Waals surface area contributed by atoms with Crippen molar-refractivity contribution in [2.75, 3.05) is 0 Å². The number of carbonyl (C=O) groups is 2. The minimum absolute atomic E-state index is 0.0695. The summed E-state index contributed by atoms with van der Waals surface area (Å²) in [5.74, 6) is 1.66. The van der Waals surface area contributed by atoms with Crippen LogP contribution in [0.15, 0.2) is 144 Å². The van der Waals surface area contributed by atoms with Gasteiger partial charge in [0.15, 0.2) is 11.6 Å². The van der Waals surface area contributed by atoms with E-state index < -0.39 is 0 Å². The first-order valence-electron chi connectivity index (χ1n) is 17.4. The molecule has 0 spiro atoms. The fourth-order valence-electron chi connectivity index (χ4n) is 5.92. The predicted molar refractivity (Wildman–Crippen MR) is 201 cm³/mol. The smallest absolute Gasteiger partial charge is 0.193 e. The molecule has 2 heteroatoms. The van der Waals surface area contributed by atoms with Crippen LogP contribution in [-0.2, 0) is 0 Å². The van der Waals surface area contributed by atoms with Crippen LogP contribution in [0.4, 0.5) is 0 Å². The lowest BCUT2D eigenvalue weighted by Gasteiger charge is -2.28. The van der Waals surface area contributed by atoms with Gasteiger partial charge in [0.2, 0.25) is 0 Å². The van der Waals surface area contributed by atoms with Crippen molar-refractivity contribution in [2.45, 2.75) is 80.1 Å². The first kappa shape index (κ1) is 37.2. The second kappa shape index (κ2) is 19.4. The number of Topliss-reactive ketones (excluding diaryl/α,β-unsaturated/α-hetero) is 2. The van der Waals surface area contributed by atoms with Gasteiger partial charge in [0, 0.05) is 22.6 Å². The number of hydrogen-bond donors (Lipinski definition) is 0. The Hall–Kier alpha value is -4.30. The van der Waals surface area contributed by atoms with Crippen LogP contribution in [0.1, 0.15) is 105 Å². The van der Waals surface area contributed by atoms with Crippen molar-refractivity contribution in [1.29, 1.82) is 0 Å². The van der Waals surface area contributed by atoms with Gasteiger partial charge in [0.25, 0.3) is 0 Å². The van der Waals surface area contributed by atoms with Gasteiger partial charge in [-0.05, 0) is 74.5 Å². The van der Waals surface area contributed by atoms with Gasteiger partial charge in [-0.15, -0.1) is 0 Å². The van der Waals surface area contributed by atoms with Crippen molar-refractivity contribution >= 4 is 11.6 Å². The Balaban J connectivity index is 0.000000582. The van der Waals surface area contributed by atoms with Crippen LogP contribution in [0.25, 0.3) is 0 Å². The number of benzene rings is 3. The third kappa shape index (κ3) is 10.6. The van der Waals surface area contributed by atoms with E-state index >= 15 is 0 Å². The number of rotatable bonds is 10. The molecule has 2 aliphatic rings. The maximum absolute atomic E-state index is 13.3. The maximum Gasteiger partial charge on any atom is 0.193 e. The van der Waals surface area contributed by atoms with Crippen molar-refractivity contribution in [3.05, 3.63) is 166 Å². The molecule has 3 unspecified atom stereocenters. The molecule has 2 aliphatic carbocycles. The topological polar surface area (TPSA) is 34.1 Å². The Morgan fingerprint density at radius 3 is 1.94 bits per heavy atom. The quantitative estimate of drug-likeness (QED) is 0.127. The summed E-state index contributed by atoms with van der Waals surface area (Å²) in [6.07, 6.45) is 18.6. The number of aryl methyl sites for hydroxylation is 1. The lowest BCUT2D eigenvalue weighted by atomic mass is 9.76. The Morgan fingerprint density at radius 2 is 1.43 bits per heavy atom. The summed E-state index contributed by atoms with van der Waals surface area (Å²) in [4.78, 5) is 26.3. The molecule has 0 N–H and O–H groups in total. The SMILES string of the molecule is C/C=C(/C=C\C=C(/C)C1=CCC(C(C)C(C)c2ccccc2)C=C1)C(=O)c1ccccc1C(=O)C1CCC1.CC.Cc1ccccc1. The van der Waals surface area contributed by atoms with E-state index in [9.17, 15) is 9.59 Å².